The second kappa shape index (κ2) is 4.14. The summed E-state index contributed by atoms with van der Waals surface area (Å²) in [5.41, 5.74) is 2.47. The molecule has 0 amide bonds. The van der Waals surface area contributed by atoms with Gasteiger partial charge in [-0.2, -0.15) is 5.10 Å². The van der Waals surface area contributed by atoms with E-state index in [0.29, 0.717) is 5.69 Å². The first-order valence-corrected chi connectivity index (χ1v) is 4.63. The van der Waals surface area contributed by atoms with Gasteiger partial charge in [0.2, 0.25) is 0 Å². The van der Waals surface area contributed by atoms with Crippen LogP contribution in [0, 0.1) is 0 Å². The third-order valence-electron chi connectivity index (χ3n) is 2.17. The molecule has 2 aromatic rings. The van der Waals surface area contributed by atoms with Crippen LogP contribution in [0.5, 0.6) is 5.75 Å². The average Bonchev–Trinajstić information content (AvgIpc) is 2.78. The van der Waals surface area contributed by atoms with Crippen LogP contribution < -0.4 is 4.74 Å². The number of methoxy groups -OCH3 is 1. The van der Waals surface area contributed by atoms with Crippen LogP contribution in [0.1, 0.15) is 5.69 Å². The zero-order valence-corrected chi connectivity index (χ0v) is 8.40. The summed E-state index contributed by atoms with van der Waals surface area (Å²) >= 11 is 0. The SMILES string of the molecule is COc1cccc(-c2cc(CO)[nH]n2)c1. The molecule has 2 rings (SSSR count). The molecule has 78 valence electrons. The van der Waals surface area contributed by atoms with Crippen LogP contribution in [0.3, 0.4) is 0 Å². The van der Waals surface area contributed by atoms with Crippen molar-refractivity contribution in [2.24, 2.45) is 0 Å². The molecular formula is C11H12N2O2. The van der Waals surface area contributed by atoms with Crippen LogP contribution in [0.25, 0.3) is 11.3 Å². The van der Waals surface area contributed by atoms with Gasteiger partial charge in [-0.15, -0.1) is 0 Å². The van der Waals surface area contributed by atoms with Gasteiger partial charge >= 0.3 is 0 Å². The first-order valence-electron chi connectivity index (χ1n) is 4.63. The normalized spacial score (nSPS) is 10.3. The molecule has 0 aliphatic carbocycles. The predicted octanol–water partition coefficient (Wildman–Crippen LogP) is 1.58. The smallest absolute Gasteiger partial charge is 0.119 e. The van der Waals surface area contributed by atoms with E-state index >= 15 is 0 Å². The number of hydrogen-bond donors (Lipinski definition) is 2. The van der Waals surface area contributed by atoms with Crippen LogP contribution in [-0.2, 0) is 6.61 Å². The molecule has 0 radical (unpaired) electrons. The number of nitrogens with zero attached hydrogens (tertiary/aromatic N) is 1. The van der Waals surface area contributed by atoms with Crippen molar-refractivity contribution in [1.29, 1.82) is 0 Å². The first kappa shape index (κ1) is 9.73. The van der Waals surface area contributed by atoms with E-state index in [2.05, 4.69) is 10.2 Å². The van der Waals surface area contributed by atoms with Crippen molar-refractivity contribution in [2.45, 2.75) is 6.61 Å². The molecule has 4 nitrogen and oxygen atoms in total. The van der Waals surface area contributed by atoms with E-state index in [-0.39, 0.29) is 6.61 Å². The molecule has 1 aromatic carbocycles. The number of hydrogen-bond acceptors (Lipinski definition) is 3. The van der Waals surface area contributed by atoms with Crippen molar-refractivity contribution in [3.05, 3.63) is 36.0 Å². The van der Waals surface area contributed by atoms with Crippen molar-refractivity contribution in [1.82, 2.24) is 10.2 Å². The third-order valence-corrected chi connectivity index (χ3v) is 2.17. The van der Waals surface area contributed by atoms with E-state index in [4.69, 9.17) is 9.84 Å². The molecule has 0 unspecified atom stereocenters. The molecule has 15 heavy (non-hydrogen) atoms. The Morgan fingerprint density at radius 3 is 2.93 bits per heavy atom. The second-order valence-electron chi connectivity index (χ2n) is 3.17. The van der Waals surface area contributed by atoms with E-state index in [1.165, 1.54) is 0 Å². The lowest BCUT2D eigenvalue weighted by molar-refractivity contribution is 0.276. The van der Waals surface area contributed by atoms with E-state index in [1.54, 1.807) is 7.11 Å². The maximum absolute atomic E-state index is 8.90. The molecular weight excluding hydrogens is 192 g/mol. The summed E-state index contributed by atoms with van der Waals surface area (Å²) in [4.78, 5) is 0. The summed E-state index contributed by atoms with van der Waals surface area (Å²) in [6.07, 6.45) is 0. The third kappa shape index (κ3) is 1.99. The van der Waals surface area contributed by atoms with E-state index < -0.39 is 0 Å². The number of aliphatic hydroxyl groups is 1. The molecule has 1 heterocycles. The van der Waals surface area contributed by atoms with E-state index in [0.717, 1.165) is 17.0 Å². The zero-order chi connectivity index (χ0) is 10.7. The Balaban J connectivity index is 2.35. The summed E-state index contributed by atoms with van der Waals surface area (Å²) in [5.74, 6) is 0.793. The minimum absolute atomic E-state index is 0.0308. The number of aromatic nitrogens is 2. The summed E-state index contributed by atoms with van der Waals surface area (Å²) in [6.45, 7) is -0.0308. The Labute approximate surface area is 87.5 Å². The Morgan fingerprint density at radius 1 is 1.40 bits per heavy atom. The average molecular weight is 204 g/mol. The molecule has 0 aliphatic rings. The van der Waals surface area contributed by atoms with E-state index in [1.807, 2.05) is 30.3 Å². The van der Waals surface area contributed by atoms with Gasteiger partial charge in [0.15, 0.2) is 0 Å². The van der Waals surface area contributed by atoms with Crippen LogP contribution in [0.4, 0.5) is 0 Å². The highest BCUT2D eigenvalue weighted by atomic mass is 16.5. The quantitative estimate of drug-likeness (QED) is 0.798. The van der Waals surface area contributed by atoms with Gasteiger partial charge in [0.05, 0.1) is 25.1 Å². The molecule has 0 saturated carbocycles. The first-order chi connectivity index (χ1) is 7.33. The standard InChI is InChI=1S/C11H12N2O2/c1-15-10-4-2-3-8(5-10)11-6-9(7-14)12-13-11/h2-6,14H,7H2,1H3,(H,12,13). The van der Waals surface area contributed by atoms with Gasteiger partial charge in [-0.3, -0.25) is 5.10 Å². The van der Waals surface area contributed by atoms with Crippen molar-refractivity contribution in [3.8, 4) is 17.0 Å². The maximum atomic E-state index is 8.90. The number of aromatic amines is 1. The highest BCUT2D eigenvalue weighted by Gasteiger charge is 2.03. The number of nitrogens with one attached hydrogen (secondary N) is 1. The van der Waals surface area contributed by atoms with Crippen LogP contribution in [-0.4, -0.2) is 22.4 Å². The topological polar surface area (TPSA) is 58.1 Å². The van der Waals surface area contributed by atoms with E-state index in [9.17, 15) is 0 Å². The minimum Gasteiger partial charge on any atom is -0.497 e. The van der Waals surface area contributed by atoms with Gasteiger partial charge in [0, 0.05) is 5.56 Å². The lowest BCUT2D eigenvalue weighted by Gasteiger charge is -2.00. The Hall–Kier alpha value is -1.81. The van der Waals surface area contributed by atoms with Crippen LogP contribution in [0.2, 0.25) is 0 Å². The van der Waals surface area contributed by atoms with Gasteiger partial charge in [0.1, 0.15) is 5.75 Å². The Bertz CT molecular complexity index is 451. The molecule has 0 aliphatic heterocycles. The van der Waals surface area contributed by atoms with Gasteiger partial charge in [0.25, 0.3) is 0 Å². The molecule has 0 fully saturated rings. The summed E-state index contributed by atoms with van der Waals surface area (Å²) in [5, 5.41) is 15.7. The molecule has 4 heteroatoms. The van der Waals surface area contributed by atoms with Gasteiger partial charge in [-0.25, -0.2) is 0 Å². The summed E-state index contributed by atoms with van der Waals surface area (Å²) in [7, 11) is 1.63. The largest absolute Gasteiger partial charge is 0.497 e. The fourth-order valence-electron chi connectivity index (χ4n) is 1.37. The molecule has 1 aromatic heterocycles. The fourth-order valence-corrected chi connectivity index (χ4v) is 1.37. The highest BCUT2D eigenvalue weighted by Crippen LogP contribution is 2.22. The molecule has 0 spiro atoms. The highest BCUT2D eigenvalue weighted by molar-refractivity contribution is 5.61. The molecule has 0 saturated heterocycles. The summed E-state index contributed by atoms with van der Waals surface area (Å²) < 4.78 is 5.12. The Morgan fingerprint density at radius 2 is 2.27 bits per heavy atom. The fraction of sp³-hybridized carbons (Fsp3) is 0.182. The van der Waals surface area contributed by atoms with Crippen molar-refractivity contribution < 1.29 is 9.84 Å². The van der Waals surface area contributed by atoms with Crippen LogP contribution in [0.15, 0.2) is 30.3 Å². The van der Waals surface area contributed by atoms with Crippen LogP contribution >= 0.6 is 0 Å². The number of benzene rings is 1. The number of ether oxygens (including phenoxy) is 1. The van der Waals surface area contributed by atoms with Crippen molar-refractivity contribution >= 4 is 0 Å². The second-order valence-corrected chi connectivity index (χ2v) is 3.17. The zero-order valence-electron chi connectivity index (χ0n) is 8.40. The Kier molecular flexibility index (Phi) is 2.69. The minimum atomic E-state index is -0.0308. The number of rotatable bonds is 3. The lowest BCUT2D eigenvalue weighted by Crippen LogP contribution is -1.83. The van der Waals surface area contributed by atoms with Gasteiger partial charge in [-0.05, 0) is 18.2 Å². The van der Waals surface area contributed by atoms with Crippen molar-refractivity contribution in [3.63, 3.8) is 0 Å². The van der Waals surface area contributed by atoms with Gasteiger partial charge < -0.3 is 9.84 Å². The monoisotopic (exact) mass is 204 g/mol. The number of H-pyrrole nitrogens is 1. The molecule has 2 N–H and O–H groups in total. The van der Waals surface area contributed by atoms with Crippen molar-refractivity contribution in [2.75, 3.05) is 7.11 Å². The number of aliphatic hydroxyl groups excluding tert-OH is 1. The van der Waals surface area contributed by atoms with Gasteiger partial charge in [-0.1, -0.05) is 12.1 Å². The maximum Gasteiger partial charge on any atom is 0.119 e. The predicted molar refractivity (Wildman–Crippen MR) is 56.5 cm³/mol. The summed E-state index contributed by atoms with van der Waals surface area (Å²) in [6, 6.07) is 9.44. The molecule has 0 bridgehead atoms. The lowest BCUT2D eigenvalue weighted by atomic mass is 10.1. The molecule has 0 atom stereocenters.